The predicted molar refractivity (Wildman–Crippen MR) is 50.2 cm³/mol. The minimum atomic E-state index is 0. The van der Waals surface area contributed by atoms with E-state index in [0.29, 0.717) is 0 Å². The Morgan fingerprint density at radius 1 is 1.64 bits per heavy atom. The molecule has 0 unspecified atom stereocenters. The van der Waals surface area contributed by atoms with Gasteiger partial charge in [-0.1, -0.05) is 6.92 Å². The number of hydrogen-bond donors (Lipinski definition) is 2. The van der Waals surface area contributed by atoms with E-state index in [-0.39, 0.29) is 6.15 Å². The molecule has 0 radical (unpaired) electrons. The Hall–Kier alpha value is -0.480. The highest BCUT2D eigenvalue weighted by atomic mass is 32.2. The van der Waals surface area contributed by atoms with Crippen LogP contribution in [0.2, 0.25) is 0 Å². The topological polar surface area (TPSA) is 63.7 Å². The van der Waals surface area contributed by atoms with Gasteiger partial charge in [-0.25, -0.2) is 4.98 Å². The van der Waals surface area contributed by atoms with Gasteiger partial charge in [0.05, 0.1) is 12.0 Å². The molecule has 3 nitrogen and oxygen atoms in total. The number of hydrogen-bond acceptors (Lipinski definition) is 3. The first-order chi connectivity index (χ1) is 4.84. The molecule has 1 aromatic heterocycles. The highest BCUT2D eigenvalue weighted by molar-refractivity contribution is 7.98. The molecule has 0 saturated heterocycles. The van der Waals surface area contributed by atoms with E-state index < -0.39 is 0 Å². The first-order valence-electron chi connectivity index (χ1n) is 3.41. The van der Waals surface area contributed by atoms with Crippen molar-refractivity contribution in [3.8, 4) is 0 Å². The maximum atomic E-state index is 4.10. The normalized spacial score (nSPS) is 9.27. The van der Waals surface area contributed by atoms with Gasteiger partial charge in [-0.15, -0.1) is 0 Å². The molecule has 1 rings (SSSR count). The molecule has 11 heavy (non-hydrogen) atoms. The average Bonchev–Trinajstić information content (AvgIpc) is 2.31. The summed E-state index contributed by atoms with van der Waals surface area (Å²) in [5, 5.41) is 0. The van der Waals surface area contributed by atoms with Crippen LogP contribution in [-0.4, -0.2) is 15.7 Å². The van der Waals surface area contributed by atoms with Crippen LogP contribution in [0.15, 0.2) is 6.33 Å². The van der Waals surface area contributed by atoms with Gasteiger partial charge in [0.15, 0.2) is 0 Å². The lowest BCUT2D eigenvalue weighted by Crippen LogP contribution is -1.83. The predicted octanol–water partition coefficient (Wildman–Crippen LogP) is 2.13. The van der Waals surface area contributed by atoms with Crippen molar-refractivity contribution in [3.05, 3.63) is 17.7 Å². The Kier molecular flexibility index (Phi) is 4.98. The molecular weight excluding hydrogens is 158 g/mol. The summed E-state index contributed by atoms with van der Waals surface area (Å²) in [7, 11) is 0. The molecule has 64 valence electrons. The molecule has 0 aromatic carbocycles. The molecule has 1 heterocycles. The first kappa shape index (κ1) is 10.5. The van der Waals surface area contributed by atoms with Crippen molar-refractivity contribution in [2.75, 3.05) is 5.75 Å². The molecular formula is C7H15N3S. The van der Waals surface area contributed by atoms with Gasteiger partial charge in [-0.05, 0) is 12.7 Å². The van der Waals surface area contributed by atoms with Crippen LogP contribution in [0, 0.1) is 6.92 Å². The van der Waals surface area contributed by atoms with E-state index in [1.54, 1.807) is 6.33 Å². The average molecular weight is 173 g/mol. The second-order valence-electron chi connectivity index (χ2n) is 2.10. The Bertz CT molecular complexity index is 197. The Balaban J connectivity index is 0.000001000. The molecule has 0 fully saturated rings. The molecule has 0 aliphatic rings. The van der Waals surface area contributed by atoms with Gasteiger partial charge in [0, 0.05) is 11.4 Å². The van der Waals surface area contributed by atoms with Crippen LogP contribution in [0.25, 0.3) is 0 Å². The molecule has 0 saturated carbocycles. The maximum absolute atomic E-state index is 4.10. The lowest BCUT2D eigenvalue weighted by Gasteiger charge is -1.94. The monoisotopic (exact) mass is 173 g/mol. The van der Waals surface area contributed by atoms with E-state index in [9.17, 15) is 0 Å². The van der Waals surface area contributed by atoms with Gasteiger partial charge in [0.1, 0.15) is 0 Å². The molecule has 1 aromatic rings. The smallest absolute Gasteiger partial charge is 0.0925 e. The SMILES string of the molecule is CCSCc1[nH]cnc1C.N. The fourth-order valence-electron chi connectivity index (χ4n) is 0.740. The van der Waals surface area contributed by atoms with Gasteiger partial charge in [0.2, 0.25) is 0 Å². The van der Waals surface area contributed by atoms with E-state index in [1.807, 2.05) is 18.7 Å². The minimum absolute atomic E-state index is 0. The minimum Gasteiger partial charge on any atom is -0.348 e. The standard InChI is InChI=1S/C7H12N2S.H3N/c1-3-10-4-7-6(2)8-5-9-7;/h5H,3-4H2,1-2H3,(H,8,9);1H3. The summed E-state index contributed by atoms with van der Waals surface area (Å²) in [6, 6.07) is 0. The molecule has 0 bridgehead atoms. The van der Waals surface area contributed by atoms with Gasteiger partial charge in [0.25, 0.3) is 0 Å². The van der Waals surface area contributed by atoms with Crippen LogP contribution >= 0.6 is 11.8 Å². The number of thioether (sulfide) groups is 1. The summed E-state index contributed by atoms with van der Waals surface area (Å²) >= 11 is 1.91. The molecule has 0 spiro atoms. The van der Waals surface area contributed by atoms with Crippen molar-refractivity contribution >= 4 is 11.8 Å². The fourth-order valence-corrected chi connectivity index (χ4v) is 1.44. The molecule has 0 atom stereocenters. The molecule has 4 heteroatoms. The zero-order valence-electron chi connectivity index (χ0n) is 7.05. The third-order valence-corrected chi connectivity index (χ3v) is 2.29. The van der Waals surface area contributed by atoms with Gasteiger partial charge >= 0.3 is 0 Å². The third kappa shape index (κ3) is 2.95. The summed E-state index contributed by atoms with van der Waals surface area (Å²) < 4.78 is 0. The highest BCUT2D eigenvalue weighted by Gasteiger charge is 1.97. The number of aromatic nitrogens is 2. The number of aryl methyl sites for hydroxylation is 1. The number of nitrogens with one attached hydrogen (secondary N) is 1. The molecule has 0 amide bonds. The highest BCUT2D eigenvalue weighted by Crippen LogP contribution is 2.11. The number of nitrogens with zero attached hydrogens (tertiary/aromatic N) is 1. The Morgan fingerprint density at radius 3 is 2.82 bits per heavy atom. The lowest BCUT2D eigenvalue weighted by atomic mass is 10.4. The van der Waals surface area contributed by atoms with Crippen molar-refractivity contribution in [1.29, 1.82) is 0 Å². The number of imidazole rings is 1. The van der Waals surface area contributed by atoms with Crippen molar-refractivity contribution in [2.24, 2.45) is 0 Å². The van der Waals surface area contributed by atoms with Crippen LogP contribution < -0.4 is 6.15 Å². The van der Waals surface area contributed by atoms with Crippen LogP contribution in [0.5, 0.6) is 0 Å². The van der Waals surface area contributed by atoms with Crippen LogP contribution in [0.3, 0.4) is 0 Å². The zero-order valence-corrected chi connectivity index (χ0v) is 7.87. The molecule has 0 aliphatic heterocycles. The largest absolute Gasteiger partial charge is 0.348 e. The summed E-state index contributed by atoms with van der Waals surface area (Å²) in [5.74, 6) is 2.22. The van der Waals surface area contributed by atoms with E-state index >= 15 is 0 Å². The first-order valence-corrected chi connectivity index (χ1v) is 4.56. The molecule has 4 N–H and O–H groups in total. The lowest BCUT2D eigenvalue weighted by molar-refractivity contribution is 1.19. The maximum Gasteiger partial charge on any atom is 0.0925 e. The summed E-state index contributed by atoms with van der Waals surface area (Å²) in [4.78, 5) is 7.21. The van der Waals surface area contributed by atoms with Gasteiger partial charge in [-0.2, -0.15) is 11.8 Å². The quantitative estimate of drug-likeness (QED) is 0.736. The zero-order chi connectivity index (χ0) is 7.40. The number of aromatic amines is 1. The summed E-state index contributed by atoms with van der Waals surface area (Å²) in [6.45, 7) is 4.19. The molecule has 0 aliphatic carbocycles. The Labute approximate surface area is 71.6 Å². The number of rotatable bonds is 3. The second kappa shape index (κ2) is 5.21. The van der Waals surface area contributed by atoms with Gasteiger partial charge < -0.3 is 11.1 Å². The van der Waals surface area contributed by atoms with E-state index in [2.05, 4.69) is 16.9 Å². The van der Waals surface area contributed by atoms with Crippen LogP contribution in [0.1, 0.15) is 18.3 Å². The van der Waals surface area contributed by atoms with E-state index in [4.69, 9.17) is 0 Å². The fraction of sp³-hybridized carbons (Fsp3) is 0.571. The van der Waals surface area contributed by atoms with Crippen molar-refractivity contribution < 1.29 is 0 Å². The van der Waals surface area contributed by atoms with Crippen LogP contribution in [0.4, 0.5) is 0 Å². The van der Waals surface area contributed by atoms with Crippen molar-refractivity contribution in [1.82, 2.24) is 16.1 Å². The van der Waals surface area contributed by atoms with Gasteiger partial charge in [-0.3, -0.25) is 0 Å². The number of H-pyrrole nitrogens is 1. The van der Waals surface area contributed by atoms with Crippen LogP contribution in [-0.2, 0) is 5.75 Å². The summed E-state index contributed by atoms with van der Waals surface area (Å²) in [5.41, 5.74) is 2.38. The van der Waals surface area contributed by atoms with Crippen molar-refractivity contribution in [2.45, 2.75) is 19.6 Å². The third-order valence-electron chi connectivity index (χ3n) is 1.38. The van der Waals surface area contributed by atoms with E-state index in [1.165, 1.54) is 11.4 Å². The Morgan fingerprint density at radius 2 is 2.36 bits per heavy atom. The van der Waals surface area contributed by atoms with Crippen molar-refractivity contribution in [3.63, 3.8) is 0 Å². The van der Waals surface area contributed by atoms with E-state index in [0.717, 1.165) is 11.4 Å². The second-order valence-corrected chi connectivity index (χ2v) is 3.38. The summed E-state index contributed by atoms with van der Waals surface area (Å²) in [6.07, 6.45) is 1.75.